The van der Waals surface area contributed by atoms with Crippen molar-refractivity contribution in [1.82, 2.24) is 10.2 Å². The summed E-state index contributed by atoms with van der Waals surface area (Å²) in [5.74, 6) is -1.02. The lowest BCUT2D eigenvalue weighted by Crippen LogP contribution is -2.43. The smallest absolute Gasteiger partial charge is 0.306 e. The van der Waals surface area contributed by atoms with Gasteiger partial charge in [0.15, 0.2) is 11.5 Å². The van der Waals surface area contributed by atoms with Gasteiger partial charge in [0.1, 0.15) is 0 Å². The Hall–Kier alpha value is -2.18. The molecule has 7 heteroatoms. The molecule has 2 unspecified atom stereocenters. The number of primary amides is 1. The molecule has 2 atom stereocenters. The molecule has 102 valence electrons. The van der Waals surface area contributed by atoms with Crippen molar-refractivity contribution in [3.05, 3.63) is 17.8 Å². The summed E-state index contributed by atoms with van der Waals surface area (Å²) in [4.78, 5) is 23.9. The van der Waals surface area contributed by atoms with E-state index in [1.165, 1.54) is 6.07 Å². The third kappa shape index (κ3) is 2.81. The van der Waals surface area contributed by atoms with Crippen LogP contribution in [0.25, 0.3) is 0 Å². The Kier molecular flexibility index (Phi) is 3.64. The van der Waals surface area contributed by atoms with Gasteiger partial charge in [-0.3, -0.25) is 9.59 Å². The SMILES string of the molecule is CC1CC(C(=O)O)CCN1c1ccc(C(N)=O)nn1. The molecule has 1 fully saturated rings. The zero-order valence-electron chi connectivity index (χ0n) is 10.6. The number of amides is 1. The maximum absolute atomic E-state index is 11.0. The molecule has 0 bridgehead atoms. The zero-order valence-corrected chi connectivity index (χ0v) is 10.6. The van der Waals surface area contributed by atoms with Crippen LogP contribution in [0.3, 0.4) is 0 Å². The number of hydrogen-bond acceptors (Lipinski definition) is 5. The molecular weight excluding hydrogens is 248 g/mol. The maximum Gasteiger partial charge on any atom is 0.306 e. The summed E-state index contributed by atoms with van der Waals surface area (Å²) in [6.07, 6.45) is 1.16. The second-order valence-electron chi connectivity index (χ2n) is 4.74. The summed E-state index contributed by atoms with van der Waals surface area (Å²) < 4.78 is 0. The fraction of sp³-hybridized carbons (Fsp3) is 0.500. The van der Waals surface area contributed by atoms with Crippen molar-refractivity contribution in [2.24, 2.45) is 11.7 Å². The van der Waals surface area contributed by atoms with Gasteiger partial charge in [0.05, 0.1) is 5.92 Å². The van der Waals surface area contributed by atoms with Crippen LogP contribution in [-0.2, 0) is 4.79 Å². The van der Waals surface area contributed by atoms with E-state index in [-0.39, 0.29) is 17.7 Å². The summed E-state index contributed by atoms with van der Waals surface area (Å²) in [5, 5.41) is 16.7. The molecule has 19 heavy (non-hydrogen) atoms. The van der Waals surface area contributed by atoms with E-state index in [4.69, 9.17) is 10.8 Å². The van der Waals surface area contributed by atoms with Gasteiger partial charge in [-0.25, -0.2) is 0 Å². The third-order valence-corrected chi connectivity index (χ3v) is 3.42. The van der Waals surface area contributed by atoms with Crippen molar-refractivity contribution in [2.45, 2.75) is 25.8 Å². The number of carboxylic acid groups (broad SMARTS) is 1. The quantitative estimate of drug-likeness (QED) is 0.810. The van der Waals surface area contributed by atoms with Crippen LogP contribution < -0.4 is 10.6 Å². The van der Waals surface area contributed by atoms with Crippen LogP contribution >= 0.6 is 0 Å². The topological polar surface area (TPSA) is 109 Å². The summed E-state index contributed by atoms with van der Waals surface area (Å²) in [7, 11) is 0. The van der Waals surface area contributed by atoms with Gasteiger partial charge in [-0.1, -0.05) is 0 Å². The highest BCUT2D eigenvalue weighted by molar-refractivity contribution is 5.90. The van der Waals surface area contributed by atoms with Gasteiger partial charge in [0.2, 0.25) is 0 Å². The molecule has 0 aromatic carbocycles. The number of aromatic nitrogens is 2. The highest BCUT2D eigenvalue weighted by Crippen LogP contribution is 2.26. The molecule has 1 aromatic rings. The van der Waals surface area contributed by atoms with E-state index in [1.54, 1.807) is 6.07 Å². The predicted octanol–water partition coefficient (Wildman–Crippen LogP) is 0.265. The molecule has 0 spiro atoms. The number of carboxylic acids is 1. The Bertz CT molecular complexity index is 488. The molecule has 1 aliphatic rings. The molecule has 2 heterocycles. The maximum atomic E-state index is 11.0. The molecule has 1 aliphatic heterocycles. The molecule has 3 N–H and O–H groups in total. The Morgan fingerprint density at radius 3 is 2.63 bits per heavy atom. The van der Waals surface area contributed by atoms with Gasteiger partial charge in [-0.2, -0.15) is 0 Å². The van der Waals surface area contributed by atoms with Gasteiger partial charge in [0.25, 0.3) is 5.91 Å². The Morgan fingerprint density at radius 2 is 2.16 bits per heavy atom. The average molecular weight is 264 g/mol. The van der Waals surface area contributed by atoms with Crippen molar-refractivity contribution in [3.8, 4) is 0 Å². The highest BCUT2D eigenvalue weighted by atomic mass is 16.4. The van der Waals surface area contributed by atoms with Crippen molar-refractivity contribution >= 4 is 17.7 Å². The number of carbonyl (C=O) groups excluding carboxylic acids is 1. The van der Waals surface area contributed by atoms with E-state index < -0.39 is 11.9 Å². The fourth-order valence-corrected chi connectivity index (χ4v) is 2.35. The molecule has 2 rings (SSSR count). The first-order valence-electron chi connectivity index (χ1n) is 6.12. The number of hydrogen-bond donors (Lipinski definition) is 2. The van der Waals surface area contributed by atoms with E-state index >= 15 is 0 Å². The van der Waals surface area contributed by atoms with Crippen LogP contribution in [0.15, 0.2) is 12.1 Å². The second-order valence-corrected chi connectivity index (χ2v) is 4.74. The number of anilines is 1. The summed E-state index contributed by atoms with van der Waals surface area (Å²) in [5.41, 5.74) is 5.22. The lowest BCUT2D eigenvalue weighted by molar-refractivity contribution is -0.142. The molecular formula is C12H16N4O3. The lowest BCUT2D eigenvalue weighted by Gasteiger charge is -2.36. The predicted molar refractivity (Wildman–Crippen MR) is 67.7 cm³/mol. The molecule has 0 saturated carbocycles. The minimum atomic E-state index is -0.748. The molecule has 1 amide bonds. The first-order chi connectivity index (χ1) is 8.99. The van der Waals surface area contributed by atoms with E-state index in [0.717, 1.165) is 0 Å². The van der Waals surface area contributed by atoms with Crippen molar-refractivity contribution in [1.29, 1.82) is 0 Å². The third-order valence-electron chi connectivity index (χ3n) is 3.42. The van der Waals surface area contributed by atoms with Gasteiger partial charge < -0.3 is 15.7 Å². The van der Waals surface area contributed by atoms with Crippen molar-refractivity contribution < 1.29 is 14.7 Å². The highest BCUT2D eigenvalue weighted by Gasteiger charge is 2.30. The van der Waals surface area contributed by atoms with Gasteiger partial charge >= 0.3 is 5.97 Å². The number of rotatable bonds is 3. The normalized spacial score (nSPS) is 23.1. The van der Waals surface area contributed by atoms with Gasteiger partial charge in [-0.05, 0) is 31.9 Å². The van der Waals surface area contributed by atoms with Crippen molar-refractivity contribution in [2.75, 3.05) is 11.4 Å². The van der Waals surface area contributed by atoms with E-state index in [9.17, 15) is 9.59 Å². The van der Waals surface area contributed by atoms with Crippen LogP contribution in [0.4, 0.5) is 5.82 Å². The fourth-order valence-electron chi connectivity index (χ4n) is 2.35. The van der Waals surface area contributed by atoms with Crippen molar-refractivity contribution in [3.63, 3.8) is 0 Å². The van der Waals surface area contributed by atoms with Gasteiger partial charge in [0, 0.05) is 12.6 Å². The Labute approximate surface area is 110 Å². The summed E-state index contributed by atoms with van der Waals surface area (Å²) in [6, 6.07) is 3.29. The number of piperidine rings is 1. The zero-order chi connectivity index (χ0) is 14.0. The lowest BCUT2D eigenvalue weighted by atomic mass is 9.92. The summed E-state index contributed by atoms with van der Waals surface area (Å²) >= 11 is 0. The largest absolute Gasteiger partial charge is 0.481 e. The van der Waals surface area contributed by atoms with E-state index in [0.29, 0.717) is 25.2 Å². The van der Waals surface area contributed by atoms with Crippen LogP contribution in [0.1, 0.15) is 30.3 Å². The van der Waals surface area contributed by atoms with E-state index in [1.807, 2.05) is 11.8 Å². The standard InChI is InChI=1S/C12H16N4O3/c1-7-6-8(12(18)19)4-5-16(7)10-3-2-9(11(13)17)14-15-10/h2-3,7-8H,4-6H2,1H3,(H2,13,17)(H,18,19). The van der Waals surface area contributed by atoms with Crippen LogP contribution in [0.2, 0.25) is 0 Å². The molecule has 0 aliphatic carbocycles. The Morgan fingerprint density at radius 1 is 1.42 bits per heavy atom. The molecule has 7 nitrogen and oxygen atoms in total. The molecule has 0 radical (unpaired) electrons. The van der Waals surface area contributed by atoms with Crippen LogP contribution in [-0.4, -0.2) is 39.8 Å². The van der Waals surface area contributed by atoms with Crippen LogP contribution in [0.5, 0.6) is 0 Å². The minimum Gasteiger partial charge on any atom is -0.481 e. The van der Waals surface area contributed by atoms with Crippen LogP contribution in [0, 0.1) is 5.92 Å². The molecule has 1 saturated heterocycles. The average Bonchev–Trinajstić information content (AvgIpc) is 2.38. The Balaban J connectivity index is 2.10. The summed E-state index contributed by atoms with van der Waals surface area (Å²) in [6.45, 7) is 2.57. The number of aliphatic carboxylic acids is 1. The monoisotopic (exact) mass is 264 g/mol. The second kappa shape index (κ2) is 5.21. The molecule has 1 aromatic heterocycles. The number of carbonyl (C=O) groups is 2. The van der Waals surface area contributed by atoms with Gasteiger partial charge in [-0.15, -0.1) is 10.2 Å². The first kappa shape index (κ1) is 13.3. The first-order valence-corrected chi connectivity index (χ1v) is 6.12. The number of nitrogens with zero attached hydrogens (tertiary/aromatic N) is 3. The number of nitrogens with two attached hydrogens (primary N) is 1. The minimum absolute atomic E-state index is 0.0728. The van der Waals surface area contributed by atoms with E-state index in [2.05, 4.69) is 10.2 Å².